The standard InChI is InChI=1S/C11H21NO/c1-6-8-11(7-2)12(9(3)4)10(5)13/h8-9H,6-7H2,1-5H3/b11-8+. The van der Waals surface area contributed by atoms with Crippen molar-refractivity contribution in [3.05, 3.63) is 11.8 Å². The van der Waals surface area contributed by atoms with Gasteiger partial charge in [0.05, 0.1) is 0 Å². The Bertz CT molecular complexity index is 194. The summed E-state index contributed by atoms with van der Waals surface area (Å²) in [6, 6.07) is 0.259. The molecule has 0 saturated heterocycles. The van der Waals surface area contributed by atoms with Crippen LogP contribution in [-0.4, -0.2) is 16.8 Å². The maximum absolute atomic E-state index is 11.3. The molecule has 0 aliphatic heterocycles. The highest BCUT2D eigenvalue weighted by Crippen LogP contribution is 2.13. The van der Waals surface area contributed by atoms with E-state index in [2.05, 4.69) is 19.9 Å². The van der Waals surface area contributed by atoms with Crippen molar-refractivity contribution < 1.29 is 4.79 Å². The fourth-order valence-corrected chi connectivity index (χ4v) is 1.55. The van der Waals surface area contributed by atoms with E-state index in [-0.39, 0.29) is 11.9 Å². The zero-order chi connectivity index (χ0) is 10.4. The second kappa shape index (κ2) is 5.79. The summed E-state index contributed by atoms with van der Waals surface area (Å²) in [6.45, 7) is 9.88. The van der Waals surface area contributed by atoms with E-state index in [1.54, 1.807) is 6.92 Å². The maximum atomic E-state index is 11.3. The molecule has 0 aromatic rings. The molecular formula is C11H21NO. The molecule has 0 atom stereocenters. The first-order valence-electron chi connectivity index (χ1n) is 5.03. The number of carbonyl (C=O) groups is 1. The Kier molecular flexibility index (Phi) is 5.44. The minimum Gasteiger partial charge on any atom is -0.314 e. The van der Waals surface area contributed by atoms with Gasteiger partial charge in [-0.1, -0.05) is 19.9 Å². The number of hydrogen-bond donors (Lipinski definition) is 0. The molecule has 0 heterocycles. The number of carbonyl (C=O) groups excluding carboxylic acids is 1. The Morgan fingerprint density at radius 1 is 1.38 bits per heavy atom. The molecule has 0 aliphatic carbocycles. The van der Waals surface area contributed by atoms with Crippen molar-refractivity contribution in [3.8, 4) is 0 Å². The first kappa shape index (κ1) is 12.2. The SMILES string of the molecule is CC/C=C(\CC)N(C(C)=O)C(C)C. The largest absolute Gasteiger partial charge is 0.314 e. The Labute approximate surface area is 81.6 Å². The lowest BCUT2D eigenvalue weighted by Crippen LogP contribution is -2.34. The summed E-state index contributed by atoms with van der Waals surface area (Å²) in [4.78, 5) is 13.2. The topological polar surface area (TPSA) is 20.3 Å². The van der Waals surface area contributed by atoms with Crippen LogP contribution in [0.4, 0.5) is 0 Å². The second-order valence-electron chi connectivity index (χ2n) is 3.44. The third-order valence-corrected chi connectivity index (χ3v) is 1.97. The summed E-state index contributed by atoms with van der Waals surface area (Å²) in [6.07, 6.45) is 4.03. The third-order valence-electron chi connectivity index (χ3n) is 1.97. The zero-order valence-corrected chi connectivity index (χ0v) is 9.42. The predicted molar refractivity (Wildman–Crippen MR) is 56.3 cm³/mol. The second-order valence-corrected chi connectivity index (χ2v) is 3.44. The van der Waals surface area contributed by atoms with Crippen LogP contribution >= 0.6 is 0 Å². The van der Waals surface area contributed by atoms with Crippen LogP contribution in [0.1, 0.15) is 47.5 Å². The third kappa shape index (κ3) is 3.62. The molecule has 0 rings (SSSR count). The van der Waals surface area contributed by atoms with Crippen LogP contribution in [0.2, 0.25) is 0 Å². The maximum Gasteiger partial charge on any atom is 0.223 e. The quantitative estimate of drug-likeness (QED) is 0.656. The average molecular weight is 183 g/mol. The molecule has 0 unspecified atom stereocenters. The molecule has 0 N–H and O–H groups in total. The molecule has 0 bridgehead atoms. The molecular weight excluding hydrogens is 162 g/mol. The lowest BCUT2D eigenvalue weighted by molar-refractivity contribution is -0.128. The molecule has 0 saturated carbocycles. The fourth-order valence-electron chi connectivity index (χ4n) is 1.55. The van der Waals surface area contributed by atoms with Crippen LogP contribution in [0.15, 0.2) is 11.8 Å². The van der Waals surface area contributed by atoms with E-state index in [4.69, 9.17) is 0 Å². The Morgan fingerprint density at radius 2 is 1.92 bits per heavy atom. The van der Waals surface area contributed by atoms with Gasteiger partial charge < -0.3 is 4.90 Å². The van der Waals surface area contributed by atoms with Crippen LogP contribution in [0.25, 0.3) is 0 Å². The number of hydrogen-bond acceptors (Lipinski definition) is 1. The van der Waals surface area contributed by atoms with Crippen LogP contribution in [0, 0.1) is 0 Å². The first-order chi connectivity index (χ1) is 6.04. The van der Waals surface area contributed by atoms with Gasteiger partial charge in [-0.25, -0.2) is 0 Å². The van der Waals surface area contributed by atoms with Crippen molar-refractivity contribution in [1.29, 1.82) is 0 Å². The van der Waals surface area contributed by atoms with E-state index in [0.717, 1.165) is 18.5 Å². The van der Waals surface area contributed by atoms with Gasteiger partial charge in [0, 0.05) is 18.7 Å². The summed E-state index contributed by atoms with van der Waals surface area (Å²) < 4.78 is 0. The molecule has 2 nitrogen and oxygen atoms in total. The Balaban J connectivity index is 4.69. The Hall–Kier alpha value is -0.790. The number of rotatable bonds is 4. The van der Waals surface area contributed by atoms with E-state index in [0.29, 0.717) is 0 Å². The van der Waals surface area contributed by atoms with E-state index >= 15 is 0 Å². The average Bonchev–Trinajstić information content (AvgIpc) is 2.02. The molecule has 0 aliphatic rings. The van der Waals surface area contributed by atoms with Gasteiger partial charge in [-0.2, -0.15) is 0 Å². The number of nitrogens with zero attached hydrogens (tertiary/aromatic N) is 1. The van der Waals surface area contributed by atoms with E-state index in [9.17, 15) is 4.79 Å². The predicted octanol–water partition coefficient (Wildman–Crippen LogP) is 2.95. The monoisotopic (exact) mass is 183 g/mol. The lowest BCUT2D eigenvalue weighted by Gasteiger charge is -2.27. The molecule has 2 heteroatoms. The van der Waals surface area contributed by atoms with Crippen molar-refractivity contribution in [2.75, 3.05) is 0 Å². The highest BCUT2D eigenvalue weighted by atomic mass is 16.2. The van der Waals surface area contributed by atoms with Gasteiger partial charge in [0.15, 0.2) is 0 Å². The zero-order valence-electron chi connectivity index (χ0n) is 9.42. The highest BCUT2D eigenvalue weighted by molar-refractivity contribution is 5.75. The number of allylic oxidation sites excluding steroid dienone is 2. The van der Waals surface area contributed by atoms with Crippen LogP contribution in [-0.2, 0) is 4.79 Å². The molecule has 13 heavy (non-hydrogen) atoms. The Morgan fingerprint density at radius 3 is 2.15 bits per heavy atom. The minimum atomic E-state index is 0.136. The first-order valence-corrected chi connectivity index (χ1v) is 5.03. The molecule has 0 spiro atoms. The number of amides is 1. The summed E-state index contributed by atoms with van der Waals surface area (Å²) in [7, 11) is 0. The van der Waals surface area contributed by atoms with Crippen molar-refractivity contribution in [2.45, 2.75) is 53.5 Å². The smallest absolute Gasteiger partial charge is 0.223 e. The van der Waals surface area contributed by atoms with Crippen LogP contribution < -0.4 is 0 Å². The van der Waals surface area contributed by atoms with Crippen LogP contribution in [0.3, 0.4) is 0 Å². The molecule has 1 amide bonds. The van der Waals surface area contributed by atoms with Gasteiger partial charge in [0.2, 0.25) is 5.91 Å². The van der Waals surface area contributed by atoms with Crippen molar-refractivity contribution >= 4 is 5.91 Å². The van der Waals surface area contributed by atoms with Gasteiger partial charge in [-0.15, -0.1) is 0 Å². The summed E-state index contributed by atoms with van der Waals surface area (Å²) >= 11 is 0. The van der Waals surface area contributed by atoms with Gasteiger partial charge in [0.25, 0.3) is 0 Å². The molecule has 76 valence electrons. The van der Waals surface area contributed by atoms with Gasteiger partial charge in [-0.05, 0) is 26.7 Å². The lowest BCUT2D eigenvalue weighted by atomic mass is 10.2. The van der Waals surface area contributed by atoms with Gasteiger partial charge >= 0.3 is 0 Å². The van der Waals surface area contributed by atoms with E-state index < -0.39 is 0 Å². The van der Waals surface area contributed by atoms with Gasteiger partial charge in [-0.3, -0.25) is 4.79 Å². The molecule has 0 radical (unpaired) electrons. The van der Waals surface area contributed by atoms with Gasteiger partial charge in [0.1, 0.15) is 0 Å². The van der Waals surface area contributed by atoms with Crippen LogP contribution in [0.5, 0.6) is 0 Å². The summed E-state index contributed by atoms with van der Waals surface area (Å²) in [5, 5.41) is 0. The molecule has 0 aromatic carbocycles. The van der Waals surface area contributed by atoms with E-state index in [1.165, 1.54) is 0 Å². The molecule has 0 fully saturated rings. The fraction of sp³-hybridized carbons (Fsp3) is 0.727. The van der Waals surface area contributed by atoms with Crippen molar-refractivity contribution in [1.82, 2.24) is 4.90 Å². The summed E-state index contributed by atoms with van der Waals surface area (Å²) in [5.41, 5.74) is 1.14. The molecule has 0 aromatic heterocycles. The minimum absolute atomic E-state index is 0.136. The van der Waals surface area contributed by atoms with Crippen molar-refractivity contribution in [2.24, 2.45) is 0 Å². The normalized spacial score (nSPS) is 12.0. The summed E-state index contributed by atoms with van der Waals surface area (Å²) in [5.74, 6) is 0.136. The van der Waals surface area contributed by atoms with E-state index in [1.807, 2.05) is 18.7 Å². The van der Waals surface area contributed by atoms with Crippen molar-refractivity contribution in [3.63, 3.8) is 0 Å². The highest BCUT2D eigenvalue weighted by Gasteiger charge is 2.15.